The number of unbranched alkanes of at least 4 members (excludes halogenated alkanes) is 1. The van der Waals surface area contributed by atoms with E-state index in [1.807, 2.05) is 18.2 Å². The molecule has 0 aliphatic carbocycles. The minimum atomic E-state index is 0.519. The molecular formula is C23H34N2O2. The van der Waals surface area contributed by atoms with Crippen LogP contribution < -0.4 is 5.32 Å². The Morgan fingerprint density at radius 1 is 1.11 bits per heavy atom. The highest BCUT2D eigenvalue weighted by atomic mass is 16.5. The monoisotopic (exact) mass is 370 g/mol. The summed E-state index contributed by atoms with van der Waals surface area (Å²) in [6, 6.07) is 10.3. The summed E-state index contributed by atoms with van der Waals surface area (Å²) in [4.78, 5) is 4.78. The summed E-state index contributed by atoms with van der Waals surface area (Å²) in [6.45, 7) is 12.4. The Kier molecular flexibility index (Phi) is 9.88. The van der Waals surface area contributed by atoms with Crippen molar-refractivity contribution in [3.05, 3.63) is 59.3 Å². The molecule has 0 amide bonds. The zero-order valence-corrected chi connectivity index (χ0v) is 16.9. The number of aliphatic imine (C=N–C) groups is 1. The minimum absolute atomic E-state index is 0.519. The normalized spacial score (nSPS) is 15.6. The summed E-state index contributed by atoms with van der Waals surface area (Å²) in [5, 5.41) is 3.45. The van der Waals surface area contributed by atoms with E-state index in [0.717, 1.165) is 63.4 Å². The van der Waals surface area contributed by atoms with Gasteiger partial charge in [-0.15, -0.1) is 0 Å². The fourth-order valence-corrected chi connectivity index (χ4v) is 3.02. The molecule has 1 N–H and O–H groups in total. The molecule has 0 aromatic heterocycles. The second kappa shape index (κ2) is 12.5. The van der Waals surface area contributed by atoms with Crippen LogP contribution in [0, 0.1) is 0 Å². The molecule has 0 spiro atoms. The van der Waals surface area contributed by atoms with Gasteiger partial charge >= 0.3 is 0 Å². The lowest BCUT2D eigenvalue weighted by Gasteiger charge is -2.15. The second-order valence-corrected chi connectivity index (χ2v) is 6.97. The fourth-order valence-electron chi connectivity index (χ4n) is 3.02. The topological polar surface area (TPSA) is 42.9 Å². The summed E-state index contributed by atoms with van der Waals surface area (Å²) in [7, 11) is 0. The Morgan fingerprint density at radius 2 is 1.89 bits per heavy atom. The summed E-state index contributed by atoms with van der Waals surface area (Å²) in [5.41, 5.74) is 4.59. The van der Waals surface area contributed by atoms with Crippen LogP contribution in [-0.2, 0) is 15.9 Å². The van der Waals surface area contributed by atoms with Crippen LogP contribution in [0.1, 0.15) is 45.1 Å². The molecule has 1 aromatic carbocycles. The minimum Gasteiger partial charge on any atom is -0.475 e. The predicted octanol–water partition coefficient (Wildman–Crippen LogP) is 4.67. The number of benzene rings is 1. The van der Waals surface area contributed by atoms with Crippen molar-refractivity contribution in [2.45, 2.75) is 46.0 Å². The van der Waals surface area contributed by atoms with Gasteiger partial charge in [-0.2, -0.15) is 0 Å². The Hall–Kier alpha value is -1.91. The molecule has 1 aliphatic rings. The largest absolute Gasteiger partial charge is 0.475 e. The van der Waals surface area contributed by atoms with Gasteiger partial charge in [-0.1, -0.05) is 55.8 Å². The first-order chi connectivity index (χ1) is 13.2. The third-order valence-corrected chi connectivity index (χ3v) is 4.62. The van der Waals surface area contributed by atoms with Crippen LogP contribution in [0.4, 0.5) is 0 Å². The summed E-state index contributed by atoms with van der Waals surface area (Å²) < 4.78 is 11.7. The van der Waals surface area contributed by atoms with Crippen molar-refractivity contribution < 1.29 is 9.47 Å². The molecule has 4 nitrogen and oxygen atoms in total. The van der Waals surface area contributed by atoms with E-state index in [0.29, 0.717) is 13.2 Å². The molecule has 4 heteroatoms. The Labute approximate surface area is 164 Å². The van der Waals surface area contributed by atoms with Crippen molar-refractivity contribution >= 4 is 5.90 Å². The average Bonchev–Trinajstić information content (AvgIpc) is 2.88. The maximum absolute atomic E-state index is 6.07. The molecule has 0 unspecified atom stereocenters. The molecule has 0 fully saturated rings. The van der Waals surface area contributed by atoms with Crippen LogP contribution in [0.25, 0.3) is 0 Å². The standard InChI is InChI=1S/C23H34N2O2/c1-4-5-15-26-16-17-27-23(22-12-14-24-13-11-19(22)2)25-20(3)18-21-9-7-6-8-10-21/h6-10,24H,3-5,11-18H2,1-2H3. The Morgan fingerprint density at radius 3 is 2.67 bits per heavy atom. The van der Waals surface area contributed by atoms with E-state index in [-0.39, 0.29) is 0 Å². The molecule has 1 heterocycles. The van der Waals surface area contributed by atoms with Crippen molar-refractivity contribution in [3.8, 4) is 0 Å². The lowest BCUT2D eigenvalue weighted by atomic mass is 10.0. The van der Waals surface area contributed by atoms with Gasteiger partial charge in [-0.05, 0) is 44.8 Å². The number of nitrogens with one attached hydrogen (secondary N) is 1. The van der Waals surface area contributed by atoms with E-state index in [4.69, 9.17) is 14.5 Å². The first-order valence-corrected chi connectivity index (χ1v) is 10.1. The number of allylic oxidation sites excluding steroid dienone is 1. The third kappa shape index (κ3) is 8.10. The first kappa shape index (κ1) is 21.4. The van der Waals surface area contributed by atoms with Gasteiger partial charge in [0.15, 0.2) is 0 Å². The fraction of sp³-hybridized carbons (Fsp3) is 0.522. The van der Waals surface area contributed by atoms with Gasteiger partial charge in [-0.3, -0.25) is 0 Å². The van der Waals surface area contributed by atoms with Gasteiger partial charge in [0, 0.05) is 24.3 Å². The highest BCUT2D eigenvalue weighted by molar-refractivity contribution is 5.95. The van der Waals surface area contributed by atoms with Crippen molar-refractivity contribution in [2.24, 2.45) is 4.99 Å². The molecule has 0 atom stereocenters. The van der Waals surface area contributed by atoms with E-state index in [9.17, 15) is 0 Å². The van der Waals surface area contributed by atoms with Crippen molar-refractivity contribution in [1.29, 1.82) is 0 Å². The van der Waals surface area contributed by atoms with E-state index in [1.54, 1.807) is 0 Å². The number of rotatable bonds is 10. The lowest BCUT2D eigenvalue weighted by Crippen LogP contribution is -2.17. The highest BCUT2D eigenvalue weighted by Crippen LogP contribution is 2.19. The molecule has 1 aliphatic heterocycles. The van der Waals surface area contributed by atoms with Gasteiger partial charge in [0.1, 0.15) is 6.61 Å². The number of ether oxygens (including phenoxy) is 2. The van der Waals surface area contributed by atoms with Gasteiger partial charge in [0.25, 0.3) is 0 Å². The molecule has 148 valence electrons. The van der Waals surface area contributed by atoms with Crippen LogP contribution in [0.2, 0.25) is 0 Å². The Balaban J connectivity index is 2.04. The number of nitrogens with zero attached hydrogens (tertiary/aromatic N) is 1. The molecular weight excluding hydrogens is 336 g/mol. The Bertz CT molecular complexity index is 635. The zero-order valence-electron chi connectivity index (χ0n) is 16.9. The quantitative estimate of drug-likeness (QED) is 0.370. The lowest BCUT2D eigenvalue weighted by molar-refractivity contribution is 0.0945. The molecule has 27 heavy (non-hydrogen) atoms. The third-order valence-electron chi connectivity index (χ3n) is 4.62. The molecule has 0 bridgehead atoms. The molecule has 2 rings (SSSR count). The van der Waals surface area contributed by atoms with Crippen LogP contribution >= 0.6 is 0 Å². The molecule has 0 saturated carbocycles. The average molecular weight is 371 g/mol. The number of hydrogen-bond acceptors (Lipinski definition) is 4. The van der Waals surface area contributed by atoms with Crippen molar-refractivity contribution in [1.82, 2.24) is 5.32 Å². The highest BCUT2D eigenvalue weighted by Gasteiger charge is 2.15. The maximum Gasteiger partial charge on any atom is 0.216 e. The van der Waals surface area contributed by atoms with Gasteiger partial charge in [0.2, 0.25) is 5.90 Å². The zero-order chi connectivity index (χ0) is 19.3. The van der Waals surface area contributed by atoms with E-state index in [2.05, 4.69) is 37.9 Å². The van der Waals surface area contributed by atoms with Crippen LogP contribution in [0.3, 0.4) is 0 Å². The van der Waals surface area contributed by atoms with E-state index >= 15 is 0 Å². The van der Waals surface area contributed by atoms with E-state index < -0.39 is 0 Å². The smallest absolute Gasteiger partial charge is 0.216 e. The number of hydrogen-bond donors (Lipinski definition) is 1. The predicted molar refractivity (Wildman–Crippen MR) is 113 cm³/mol. The van der Waals surface area contributed by atoms with Crippen molar-refractivity contribution in [3.63, 3.8) is 0 Å². The van der Waals surface area contributed by atoms with Crippen LogP contribution in [0.15, 0.2) is 58.7 Å². The molecule has 1 aromatic rings. The van der Waals surface area contributed by atoms with Gasteiger partial charge in [-0.25, -0.2) is 4.99 Å². The molecule has 0 radical (unpaired) electrons. The van der Waals surface area contributed by atoms with Crippen LogP contribution in [-0.4, -0.2) is 38.8 Å². The SMILES string of the molecule is C=C(Cc1ccccc1)N=C(OCCOCCCC)C1=C(C)CCNCC1. The second-order valence-electron chi connectivity index (χ2n) is 6.97. The maximum atomic E-state index is 6.07. The van der Waals surface area contributed by atoms with Crippen LogP contribution in [0.5, 0.6) is 0 Å². The van der Waals surface area contributed by atoms with E-state index in [1.165, 1.54) is 16.7 Å². The van der Waals surface area contributed by atoms with Crippen molar-refractivity contribution in [2.75, 3.05) is 32.9 Å². The summed E-state index contributed by atoms with van der Waals surface area (Å²) >= 11 is 0. The summed E-state index contributed by atoms with van der Waals surface area (Å²) in [5.74, 6) is 0.719. The summed E-state index contributed by atoms with van der Waals surface area (Å²) in [6.07, 6.45) is 4.91. The van der Waals surface area contributed by atoms with Gasteiger partial charge in [0.05, 0.1) is 6.61 Å². The molecule has 0 saturated heterocycles. The van der Waals surface area contributed by atoms with Gasteiger partial charge < -0.3 is 14.8 Å². The first-order valence-electron chi connectivity index (χ1n) is 10.1.